The Hall–Kier alpha value is -1.26. The van der Waals surface area contributed by atoms with Crippen LogP contribution >= 0.6 is 0 Å². The Labute approximate surface area is 719 Å². The van der Waals surface area contributed by atoms with Crippen molar-refractivity contribution in [3.8, 4) is 0 Å². The normalized spacial score (nSPS) is 15.2. The summed E-state index contributed by atoms with van der Waals surface area (Å²) >= 11 is 0. The van der Waals surface area contributed by atoms with E-state index in [0.717, 1.165) is 11.8 Å². The third-order valence-electron chi connectivity index (χ3n) is 27.0. The molecule has 0 radical (unpaired) electrons. The highest BCUT2D eigenvalue weighted by Crippen LogP contribution is 2.57. The minimum atomic E-state index is -4.12. The molecular weight excluding hydrogens is 1530 g/mol. The Morgan fingerprint density at radius 2 is 0.470 bits per heavy atom. The van der Waals surface area contributed by atoms with E-state index in [2.05, 4.69) is 194 Å². The van der Waals surface area contributed by atoms with Gasteiger partial charge in [0.2, 0.25) is 0 Å². The summed E-state index contributed by atoms with van der Waals surface area (Å²) in [5.74, 6) is 0.857. The summed E-state index contributed by atoms with van der Waals surface area (Å²) in [4.78, 5) is 0. The van der Waals surface area contributed by atoms with E-state index in [1.807, 2.05) is 55.4 Å². The van der Waals surface area contributed by atoms with E-state index in [-0.39, 0.29) is 74.5 Å². The summed E-state index contributed by atoms with van der Waals surface area (Å²) < 4.78 is 226. The van der Waals surface area contributed by atoms with Crippen LogP contribution in [0.1, 0.15) is 489 Å². The first-order chi connectivity index (χ1) is 51.0. The second-order valence-corrected chi connectivity index (χ2v) is 44.0. The molecule has 0 aromatic heterocycles. The Morgan fingerprint density at radius 1 is 0.222 bits per heavy atom. The number of hydrogen-bond donors (Lipinski definition) is 0. The van der Waals surface area contributed by atoms with Gasteiger partial charge in [0.05, 0.1) is 32.5 Å². The fraction of sp³-hybridized carbons (Fsp3) is 1.00. The molecule has 4 unspecified atom stereocenters. The van der Waals surface area contributed by atoms with Crippen LogP contribution in [0.5, 0.6) is 0 Å². The van der Waals surface area contributed by atoms with Crippen LogP contribution in [0.3, 0.4) is 0 Å². The molecular formula is C99H204F18. The van der Waals surface area contributed by atoms with Gasteiger partial charge in [0, 0.05) is 0 Å². The predicted molar refractivity (Wildman–Crippen MR) is 483 cm³/mol. The monoisotopic (exact) mass is 1740 g/mol. The second-order valence-electron chi connectivity index (χ2n) is 44.0. The molecule has 0 rings (SSSR count). The smallest absolute Gasteiger partial charge is 0.171 e. The Balaban J connectivity index is -0.000000104. The maximum atomic E-state index is 13.0. The Morgan fingerprint density at radius 3 is 0.504 bits per heavy atom. The van der Waals surface area contributed by atoms with E-state index in [4.69, 9.17) is 0 Å². The summed E-state index contributed by atoms with van der Waals surface area (Å²) in [6.07, 6.45) is -11.2. The lowest BCUT2D eigenvalue weighted by Gasteiger charge is -2.46. The maximum Gasteiger partial charge on any atom is 0.394 e. The molecule has 0 saturated carbocycles. The van der Waals surface area contributed by atoms with Crippen molar-refractivity contribution in [1.82, 2.24) is 0 Å². The molecule has 0 aromatic carbocycles. The molecule has 117 heavy (non-hydrogen) atoms. The van der Waals surface area contributed by atoms with E-state index in [1.165, 1.54) is 93.4 Å². The minimum Gasteiger partial charge on any atom is -0.171 e. The Bertz CT molecular complexity index is 2220. The highest BCUT2D eigenvalue weighted by molar-refractivity contribution is 4.96. The van der Waals surface area contributed by atoms with E-state index in [0.29, 0.717) is 70.0 Å². The number of rotatable bonds is 23. The van der Waals surface area contributed by atoms with Crippen molar-refractivity contribution in [2.75, 3.05) is 0 Å². The van der Waals surface area contributed by atoms with Gasteiger partial charge < -0.3 is 0 Å². The van der Waals surface area contributed by atoms with Gasteiger partial charge in [-0.1, -0.05) is 425 Å². The summed E-state index contributed by atoms with van der Waals surface area (Å²) in [7, 11) is 0. The standard InChI is InChI=1S/2C11H21F3.C10H19F3.C10H22.C9H20.2C8H15F3.C7H13F3.2C7H16.C6H14.C5H12/c1-7(2)9(8(3)4)10(5,6)11(12,13)14;1-6-9(4,7-2)10(5,8-3)11(12,13)14;1-5-8(6-2)9(4,7-3)10(11,12)13;1-7-10(6,8-2)9(3,4)5;1-6-8(7-2)9(3,4)5;1-5-7(4,6(2)3)8(9,10)11;1-4-6-7(3,5-2)8(9,10)11;1-4-6(3,5-2)7(8,9)10;1-6(2)7(3,4)5;1-5-6-7(2,3)4;1-5-6(2,3)4;1-5(2,3)4/h7-9H,1-6H3;6-8H2,1-5H3;8H,5-7H2,1-4H3;7-8H2,1-6H3;8H,6-7H2,1-5H3;6H,5H2,1-4H3;4-6H2,1-3H3;4-5H2,1-3H3;6H,1-5H3;5-6H2,1-4H3;5H2,1-4H3;1-4H3. The van der Waals surface area contributed by atoms with Crippen molar-refractivity contribution in [2.24, 2.45) is 117 Å². The third kappa shape index (κ3) is 58.6. The predicted octanol–water partition coefficient (Wildman–Crippen LogP) is 41.8. The Kier molecular flexibility index (Phi) is 71.3. The first-order valence-electron chi connectivity index (χ1n) is 45.4. The van der Waals surface area contributed by atoms with Crippen molar-refractivity contribution in [1.29, 1.82) is 0 Å². The van der Waals surface area contributed by atoms with Crippen LogP contribution < -0.4 is 0 Å². The third-order valence-corrected chi connectivity index (χ3v) is 27.0. The van der Waals surface area contributed by atoms with Crippen LogP contribution in [-0.4, -0.2) is 37.1 Å². The van der Waals surface area contributed by atoms with Crippen molar-refractivity contribution in [3.05, 3.63) is 0 Å². The van der Waals surface area contributed by atoms with Crippen LogP contribution in [0.2, 0.25) is 0 Å². The van der Waals surface area contributed by atoms with Crippen LogP contribution in [0.15, 0.2) is 0 Å². The first-order valence-corrected chi connectivity index (χ1v) is 45.4. The highest BCUT2D eigenvalue weighted by atomic mass is 19.4. The fourth-order valence-corrected chi connectivity index (χ4v) is 12.8. The van der Waals surface area contributed by atoms with Gasteiger partial charge in [0.25, 0.3) is 0 Å². The van der Waals surface area contributed by atoms with Gasteiger partial charge in [-0.15, -0.1) is 0 Å². The molecule has 0 aromatic rings. The summed E-state index contributed by atoms with van der Waals surface area (Å²) in [6.45, 7) is 104. The molecule has 726 valence electrons. The summed E-state index contributed by atoms with van der Waals surface area (Å²) in [6, 6.07) is 0. The van der Waals surface area contributed by atoms with Crippen LogP contribution in [0.4, 0.5) is 79.0 Å². The molecule has 0 amide bonds. The van der Waals surface area contributed by atoms with Gasteiger partial charge in [0.1, 0.15) is 0 Å². The van der Waals surface area contributed by atoms with Crippen molar-refractivity contribution < 1.29 is 79.0 Å². The van der Waals surface area contributed by atoms with Gasteiger partial charge >= 0.3 is 37.1 Å². The molecule has 0 nitrogen and oxygen atoms in total. The first kappa shape index (κ1) is 142. The molecule has 0 saturated heterocycles. The molecule has 0 spiro atoms. The minimum absolute atomic E-state index is 0.0478. The molecule has 18 heteroatoms. The van der Waals surface area contributed by atoms with Crippen molar-refractivity contribution >= 4 is 0 Å². The molecule has 0 bridgehead atoms. The average Bonchev–Trinajstić information content (AvgIpc) is 0.764. The van der Waals surface area contributed by atoms with Gasteiger partial charge in [-0.25, -0.2) is 0 Å². The van der Waals surface area contributed by atoms with Crippen LogP contribution in [0.25, 0.3) is 0 Å². The molecule has 0 aliphatic heterocycles. The zero-order chi connectivity index (χ0) is 98.5. The summed E-state index contributed by atoms with van der Waals surface area (Å²) in [5, 5.41) is 0. The largest absolute Gasteiger partial charge is 0.394 e. The van der Waals surface area contributed by atoms with Crippen molar-refractivity contribution in [2.45, 2.75) is 526 Å². The van der Waals surface area contributed by atoms with Crippen LogP contribution in [-0.2, 0) is 0 Å². The van der Waals surface area contributed by atoms with Crippen LogP contribution in [0, 0.1) is 117 Å². The van der Waals surface area contributed by atoms with Gasteiger partial charge in [-0.3, -0.25) is 0 Å². The summed E-state index contributed by atoms with van der Waals surface area (Å²) in [5.41, 5.74) is -6.21. The van der Waals surface area contributed by atoms with Gasteiger partial charge in [-0.05, 0) is 149 Å². The SMILES string of the molecule is CC(C)(C)C.CC(C)C(C(C)C)C(C)(C)C(F)(F)F.CC(C)C(C)(C)C.CCC(C)(C(C)C)C(F)(F)F.CCC(C)(C)C.CCC(C)(CC)C(C)(C)C.CCC(C)(CC)C(C)(CC)C(F)(F)F.CCC(C)(CC)C(F)(F)F.CCC(CC)C(C)(C)C.CCC(CC)C(C)(CC)C(F)(F)F.CCCC(C)(C)C.CCCC(C)(CC)C(F)(F)F. The molecule has 0 N–H and O–H groups in total. The topological polar surface area (TPSA) is 0 Å². The van der Waals surface area contributed by atoms with E-state index in [9.17, 15) is 79.0 Å². The molecule has 0 aliphatic carbocycles. The van der Waals surface area contributed by atoms with Gasteiger partial charge in [-0.2, -0.15) is 79.0 Å². The van der Waals surface area contributed by atoms with E-state index >= 15 is 0 Å². The van der Waals surface area contributed by atoms with Crippen molar-refractivity contribution in [3.63, 3.8) is 0 Å². The van der Waals surface area contributed by atoms with Gasteiger partial charge in [0.15, 0.2) is 0 Å². The number of hydrogen-bond acceptors (Lipinski definition) is 0. The van der Waals surface area contributed by atoms with E-state index in [1.54, 1.807) is 69.2 Å². The average molecular weight is 1740 g/mol. The lowest BCUT2D eigenvalue weighted by Crippen LogP contribution is -2.47. The maximum absolute atomic E-state index is 13.0. The molecule has 0 fully saturated rings. The number of alkyl halides is 18. The lowest BCUT2D eigenvalue weighted by molar-refractivity contribution is -0.259. The zero-order valence-corrected chi connectivity index (χ0v) is 87.3. The van der Waals surface area contributed by atoms with E-state index < -0.39 is 75.0 Å². The number of halogens is 18. The lowest BCUT2D eigenvalue weighted by atomic mass is 9.60. The second kappa shape index (κ2) is 58.9. The fourth-order valence-electron chi connectivity index (χ4n) is 12.8. The molecule has 0 heterocycles. The quantitative estimate of drug-likeness (QED) is 0.0895. The molecule has 0 aliphatic rings. The molecule has 4 atom stereocenters. The zero-order valence-electron chi connectivity index (χ0n) is 87.3. The highest BCUT2D eigenvalue weighted by Gasteiger charge is 2.59.